The molecule has 19 heteroatoms. The first kappa shape index (κ1) is 85.1. The summed E-state index contributed by atoms with van der Waals surface area (Å²) in [6, 6.07) is 0. The number of phosphoric ester groups is 2. The molecule has 2 unspecified atom stereocenters. The summed E-state index contributed by atoms with van der Waals surface area (Å²) in [5.74, 6) is -1.46. The predicted molar refractivity (Wildman–Crippen MR) is 349 cm³/mol. The van der Waals surface area contributed by atoms with Crippen LogP contribution in [0.5, 0.6) is 0 Å². The van der Waals surface area contributed by atoms with Gasteiger partial charge in [0.1, 0.15) is 19.3 Å². The van der Waals surface area contributed by atoms with Crippen molar-refractivity contribution in [2.75, 3.05) is 39.6 Å². The number of rotatable bonds is 68. The van der Waals surface area contributed by atoms with E-state index >= 15 is 0 Å². The van der Waals surface area contributed by atoms with Gasteiger partial charge >= 0.3 is 39.5 Å². The lowest BCUT2D eigenvalue weighted by molar-refractivity contribution is -0.161. The molecule has 0 bridgehead atoms. The van der Waals surface area contributed by atoms with E-state index in [0.717, 1.165) is 103 Å². The average Bonchev–Trinajstić information content (AvgIpc) is 3.67. The average molecular weight is 1280 g/mol. The van der Waals surface area contributed by atoms with Crippen molar-refractivity contribution in [3.05, 3.63) is 0 Å². The third-order valence-electron chi connectivity index (χ3n) is 15.8. The number of carbonyl (C=O) groups excluding carboxylic acids is 4. The summed E-state index contributed by atoms with van der Waals surface area (Å²) in [7, 11) is -9.89. The van der Waals surface area contributed by atoms with Crippen molar-refractivity contribution >= 4 is 39.5 Å². The second-order valence-electron chi connectivity index (χ2n) is 25.0. The summed E-state index contributed by atoms with van der Waals surface area (Å²) in [4.78, 5) is 72.3. The minimum absolute atomic E-state index is 0.102. The van der Waals surface area contributed by atoms with Gasteiger partial charge in [-0.25, -0.2) is 9.13 Å². The molecule has 0 fully saturated rings. The highest BCUT2D eigenvalue weighted by Gasteiger charge is 2.30. The van der Waals surface area contributed by atoms with Crippen LogP contribution in [-0.2, 0) is 65.4 Å². The molecule has 0 aliphatic carbocycles. The minimum atomic E-state index is -4.95. The first-order chi connectivity index (χ1) is 42.0. The SMILES string of the molecule is CCCCCCCCCCCCCCCCCCCC(=O)O[C@H](COC(=O)CCCCCCCCCCCCCCCC)COP(=O)(O)OC[C@@H](O)COP(=O)(O)OC[C@@H](COC(=O)CCCCCCCCC)OC(=O)CCCCCCCCC(C)C. The van der Waals surface area contributed by atoms with Crippen molar-refractivity contribution in [1.29, 1.82) is 0 Å². The lowest BCUT2D eigenvalue weighted by Gasteiger charge is -2.21. The van der Waals surface area contributed by atoms with Crippen LogP contribution < -0.4 is 0 Å². The summed E-state index contributed by atoms with van der Waals surface area (Å²) in [5.41, 5.74) is 0. The van der Waals surface area contributed by atoms with Gasteiger partial charge in [-0.05, 0) is 31.6 Å². The van der Waals surface area contributed by atoms with Crippen molar-refractivity contribution in [1.82, 2.24) is 0 Å². The molecule has 0 rings (SSSR count). The molecule has 516 valence electrons. The summed E-state index contributed by atoms with van der Waals surface area (Å²) >= 11 is 0. The van der Waals surface area contributed by atoms with Gasteiger partial charge in [0.15, 0.2) is 12.2 Å². The fraction of sp³-hybridized carbons (Fsp3) is 0.941. The largest absolute Gasteiger partial charge is 0.472 e. The molecule has 0 aliphatic heterocycles. The minimum Gasteiger partial charge on any atom is -0.462 e. The van der Waals surface area contributed by atoms with Gasteiger partial charge in [-0.15, -0.1) is 0 Å². The smallest absolute Gasteiger partial charge is 0.462 e. The van der Waals surface area contributed by atoms with Crippen molar-refractivity contribution in [3.63, 3.8) is 0 Å². The normalized spacial score (nSPS) is 14.1. The van der Waals surface area contributed by atoms with E-state index < -0.39 is 97.5 Å². The van der Waals surface area contributed by atoms with E-state index in [0.29, 0.717) is 31.6 Å². The molecule has 0 saturated heterocycles. The van der Waals surface area contributed by atoms with Crippen LogP contribution in [0.2, 0.25) is 0 Å². The van der Waals surface area contributed by atoms with Gasteiger partial charge in [-0.3, -0.25) is 37.3 Å². The molecular formula is C68H132O17P2. The molecule has 5 atom stereocenters. The van der Waals surface area contributed by atoms with Crippen LogP contribution in [0.15, 0.2) is 0 Å². The number of phosphoric acid groups is 2. The van der Waals surface area contributed by atoms with E-state index in [-0.39, 0.29) is 25.7 Å². The van der Waals surface area contributed by atoms with E-state index in [1.54, 1.807) is 0 Å². The summed E-state index contributed by atoms with van der Waals surface area (Å²) < 4.78 is 68.1. The van der Waals surface area contributed by atoms with Gasteiger partial charge in [0.05, 0.1) is 26.4 Å². The molecule has 0 aromatic rings. The Bertz CT molecular complexity index is 1690. The number of aliphatic hydroxyl groups is 1. The number of esters is 4. The summed E-state index contributed by atoms with van der Waals surface area (Å²) in [5, 5.41) is 10.5. The van der Waals surface area contributed by atoms with E-state index in [4.69, 9.17) is 37.0 Å². The van der Waals surface area contributed by atoms with E-state index in [1.807, 2.05) is 0 Å². The number of hydrogen-bond acceptors (Lipinski definition) is 15. The van der Waals surface area contributed by atoms with E-state index in [2.05, 4.69) is 34.6 Å². The van der Waals surface area contributed by atoms with Crippen LogP contribution in [0, 0.1) is 5.92 Å². The second-order valence-corrected chi connectivity index (χ2v) is 27.9. The monoisotopic (exact) mass is 1280 g/mol. The molecule has 3 N–H and O–H groups in total. The van der Waals surface area contributed by atoms with Crippen molar-refractivity contribution in [3.8, 4) is 0 Å². The van der Waals surface area contributed by atoms with E-state index in [1.165, 1.54) is 161 Å². The number of ether oxygens (including phenoxy) is 4. The maximum absolute atomic E-state index is 13.0. The molecule has 0 aliphatic rings. The highest BCUT2D eigenvalue weighted by atomic mass is 31.2. The highest BCUT2D eigenvalue weighted by Crippen LogP contribution is 2.45. The Morgan fingerprint density at radius 1 is 0.310 bits per heavy atom. The Labute approximate surface area is 530 Å². The van der Waals surface area contributed by atoms with Gasteiger partial charge in [-0.1, -0.05) is 298 Å². The van der Waals surface area contributed by atoms with Gasteiger partial charge < -0.3 is 33.8 Å². The third kappa shape index (κ3) is 62.6. The Morgan fingerprint density at radius 2 is 0.529 bits per heavy atom. The van der Waals surface area contributed by atoms with Gasteiger partial charge in [0, 0.05) is 25.7 Å². The summed E-state index contributed by atoms with van der Waals surface area (Å²) in [6.45, 7) is 7.10. The maximum Gasteiger partial charge on any atom is 0.472 e. The first-order valence-electron chi connectivity index (χ1n) is 35.6. The molecule has 17 nitrogen and oxygen atoms in total. The van der Waals surface area contributed by atoms with Gasteiger partial charge in [0.2, 0.25) is 0 Å². The first-order valence-corrected chi connectivity index (χ1v) is 38.6. The lowest BCUT2D eigenvalue weighted by atomic mass is 10.0. The van der Waals surface area contributed by atoms with Crippen LogP contribution in [0.25, 0.3) is 0 Å². The van der Waals surface area contributed by atoms with Gasteiger partial charge in [0.25, 0.3) is 0 Å². The van der Waals surface area contributed by atoms with E-state index in [9.17, 15) is 43.2 Å². The molecular weight excluding hydrogens is 1150 g/mol. The molecule has 0 aromatic heterocycles. The van der Waals surface area contributed by atoms with Crippen LogP contribution in [0.3, 0.4) is 0 Å². The molecule has 87 heavy (non-hydrogen) atoms. The zero-order valence-electron chi connectivity index (χ0n) is 56.2. The number of aliphatic hydroxyl groups excluding tert-OH is 1. The fourth-order valence-electron chi connectivity index (χ4n) is 10.3. The second kappa shape index (κ2) is 61.6. The van der Waals surface area contributed by atoms with Crippen molar-refractivity contribution in [2.45, 2.75) is 368 Å². The Balaban J connectivity index is 5.19. The summed E-state index contributed by atoms with van der Waals surface area (Å²) in [6.07, 6.45) is 47.5. The molecule has 0 aromatic carbocycles. The zero-order chi connectivity index (χ0) is 64.2. The van der Waals surface area contributed by atoms with Crippen LogP contribution in [0.4, 0.5) is 0 Å². The standard InChI is InChI=1S/C68H132O17P2/c1-6-9-12-15-18-20-22-24-26-27-28-30-32-34-37-43-48-53-67(72)84-63(58-79-66(71)52-47-42-36-33-31-29-25-23-21-19-16-13-10-7-2)59-82-86(74,75)80-55-62(69)56-81-87(76,77)83-60-64(57-78-65(70)51-46-41-35-17-14-11-8-3)85-68(73)54-49-44-39-38-40-45-50-61(4)5/h61-64,69H,6-60H2,1-5H3,(H,74,75)(H,76,77)/t62-,63-,64-/m1/s1. The van der Waals surface area contributed by atoms with Crippen molar-refractivity contribution in [2.24, 2.45) is 5.92 Å². The number of unbranched alkanes of at least 4 members (excludes halogenated alkanes) is 40. The Kier molecular flexibility index (Phi) is 60.2. The number of carbonyl (C=O) groups is 4. The lowest BCUT2D eigenvalue weighted by Crippen LogP contribution is -2.30. The molecule has 0 radical (unpaired) electrons. The highest BCUT2D eigenvalue weighted by molar-refractivity contribution is 7.47. The Morgan fingerprint density at radius 3 is 0.782 bits per heavy atom. The van der Waals surface area contributed by atoms with Crippen molar-refractivity contribution < 1.29 is 80.2 Å². The molecule has 0 heterocycles. The zero-order valence-corrected chi connectivity index (χ0v) is 57.9. The predicted octanol–water partition coefficient (Wildman–Crippen LogP) is 19.4. The van der Waals surface area contributed by atoms with Crippen LogP contribution in [0.1, 0.15) is 349 Å². The quantitative estimate of drug-likeness (QED) is 0.0222. The van der Waals surface area contributed by atoms with Crippen LogP contribution in [-0.4, -0.2) is 96.7 Å². The molecule has 0 amide bonds. The molecule has 0 spiro atoms. The topological polar surface area (TPSA) is 237 Å². The molecule has 0 saturated carbocycles. The Hall–Kier alpha value is -1.94. The fourth-order valence-corrected chi connectivity index (χ4v) is 11.9. The van der Waals surface area contributed by atoms with Gasteiger partial charge in [-0.2, -0.15) is 0 Å². The van der Waals surface area contributed by atoms with Crippen LogP contribution >= 0.6 is 15.6 Å². The third-order valence-corrected chi connectivity index (χ3v) is 17.7. The number of hydrogen-bond donors (Lipinski definition) is 3. The maximum atomic E-state index is 13.0.